The number of carbonyl (C=O) groups excluding carboxylic acids is 3. The summed E-state index contributed by atoms with van der Waals surface area (Å²) in [5, 5.41) is 136. The highest BCUT2D eigenvalue weighted by atomic mass is 16.7. The molecular weight excluding hydrogens is 1770 g/mol. The Kier molecular flexibility index (Phi) is 42.3. The van der Waals surface area contributed by atoms with Crippen molar-refractivity contribution < 1.29 is 132 Å². The molecule has 38 atom stereocenters. The van der Waals surface area contributed by atoms with Crippen molar-refractivity contribution in [1.29, 1.82) is 0 Å². The van der Waals surface area contributed by atoms with Crippen LogP contribution < -0.4 is 11.1 Å². The molecule has 0 saturated carbocycles. The maximum Gasteiger partial charge on any atom is 0.311 e. The third-order valence-electron chi connectivity index (χ3n) is 30.3. The van der Waals surface area contributed by atoms with Crippen molar-refractivity contribution in [1.82, 2.24) is 24.9 Å². The lowest BCUT2D eigenvalue weighted by atomic mass is 9.77. The number of fused-ring (bicyclic) bond motifs is 2. The number of hydrogen-bond donors (Lipinski definition) is 13. The van der Waals surface area contributed by atoms with Crippen LogP contribution in [0.5, 0.6) is 0 Å². The highest BCUT2D eigenvalue weighted by molar-refractivity contribution is 5.87. The number of likely N-dealkylation sites (N-methyl/N-ethyl adjacent to an activating group) is 2. The van der Waals surface area contributed by atoms with Crippen molar-refractivity contribution in [2.24, 2.45) is 41.2 Å². The number of carbonyl (C=O) groups is 4. The molecule has 14 N–H and O–H groups in total. The highest BCUT2D eigenvalue weighted by Crippen LogP contribution is 2.45. The van der Waals surface area contributed by atoms with Crippen LogP contribution in [0, 0.1) is 35.5 Å². The molecule has 6 aliphatic rings. The number of hydrogen-bond acceptors (Lipinski definition) is 31. The topological polar surface area (TPSA) is 453 Å². The molecule has 780 valence electrons. The van der Waals surface area contributed by atoms with E-state index in [1.165, 1.54) is 44.4 Å². The standard InChI is InChI=1S/C52H85N3O13.C40H74N2O14.C12H13N/c1-15-40-52(11,62)45(58)34(7)55(24-23-41(56)53-33(6)37-22-18-20-36-19-16-17-21-38(36)37)28-29(2)26-50(9,61)47(68-49-43(57)39(54(12)13)25-30(3)64-49)31(4)44(32(5)48(60)66-40)67-42-27-51(10,63-14)46(59)35(8)65-42;1-14-28-40(10,50)33(46)25(6)42(16-15-29(43)44)20-21(2)18-38(8,49)35(56-37-31(45)27(41(11)12)17-22(3)52-37)23(4)32(24(5)36(48)54-28)55-30-19-39(9,51-13)34(47)26(7)53-30;1-9(13)11-8-4-6-10-5-2-3-7-12(10)11/h16-22,29-35,39-40,42-47,49,57-59,61-62H,15,23-28H2,1-14H3,(H,53,56);21-28,30-35,37,45-47,49-50H,14-20H2,1-13H3,(H,43,44);2-9H,13H2,1H3/t29-,30-,31+,32-,33+,34-,35+,39+,40-,42+,43-,44+,45-,46+,47-,49+,50-,51-,52-;21-,22-,23+,24-,25-,26+,27+,28-,30+,31-,32+,33-,34+,35-,37+,38-,39-,40-;9-/m110/s1. The van der Waals surface area contributed by atoms with Crippen LogP contribution in [-0.4, -0.2) is 349 Å². The molecule has 1 amide bonds. The minimum atomic E-state index is -1.96. The predicted octanol–water partition coefficient (Wildman–Crippen LogP) is 9.30. The van der Waals surface area contributed by atoms with E-state index in [0.717, 1.165) is 16.3 Å². The number of aliphatic hydroxyl groups excluding tert-OH is 6. The number of ether oxygens (including phenoxy) is 12. The number of esters is 2. The zero-order chi connectivity index (χ0) is 103. The zero-order valence-corrected chi connectivity index (χ0v) is 86.8. The molecule has 0 bridgehead atoms. The van der Waals surface area contributed by atoms with Gasteiger partial charge in [-0.05, 0) is 222 Å². The van der Waals surface area contributed by atoms with E-state index >= 15 is 0 Å². The summed E-state index contributed by atoms with van der Waals surface area (Å²) in [6.45, 7) is 39.1. The smallest absolute Gasteiger partial charge is 0.311 e. The van der Waals surface area contributed by atoms with Crippen molar-refractivity contribution in [3.8, 4) is 0 Å². The molecule has 6 fully saturated rings. The molecule has 0 aliphatic carbocycles. The predicted molar refractivity (Wildman–Crippen MR) is 520 cm³/mol. The van der Waals surface area contributed by atoms with Crippen LogP contribution in [0.25, 0.3) is 21.5 Å². The summed E-state index contributed by atoms with van der Waals surface area (Å²) < 4.78 is 75.6. The molecule has 0 spiro atoms. The first-order chi connectivity index (χ1) is 63.8. The highest BCUT2D eigenvalue weighted by Gasteiger charge is 2.57. The average Bonchev–Trinajstić information content (AvgIpc) is 1.77. The van der Waals surface area contributed by atoms with Crippen LogP contribution in [0.4, 0.5) is 0 Å². The van der Waals surface area contributed by atoms with E-state index in [9.17, 15) is 75.3 Å². The van der Waals surface area contributed by atoms with Gasteiger partial charge in [-0.15, -0.1) is 0 Å². The molecule has 0 unspecified atom stereocenters. The van der Waals surface area contributed by atoms with Gasteiger partial charge in [0.1, 0.15) is 60.0 Å². The SMILES string of the molecule is CC[C@H]1OC(=O)[C@H](C)[C@@H](O[C@H]2C[C@@](C)(OC)[C@@H](O)[C@H](C)O2)[C@H](C)[C@@H](O[C@@H]2O[C@H](C)C[C@H](N(C)C)[C@H]2O)[C@](C)(O)C[C@@H](C)CN(CCC(=O)N[C@@H](C)c2cccc3ccccc23)[C@H](C)[C@@H](O)[C@]1(C)O.CC[C@H]1OC(=O)[C@H](C)[C@@H](O[C@H]2C[C@@](C)(OC)[C@@H](O)[C@H](C)O2)[C@H](C)[C@@H](O[C@@H]2O[C@H](C)C[C@H](N(C)C)[C@H]2O)[C@](C)(O)C[C@@H](C)CN(CCC(=O)O)[C@H](C)[C@@H](O)[C@]1(C)O.C[C@H](N)c1cccc2ccccc12. The monoisotopic (exact) mass is 1940 g/mol. The van der Waals surface area contributed by atoms with Crippen molar-refractivity contribution in [3.05, 3.63) is 96.1 Å². The van der Waals surface area contributed by atoms with E-state index in [-0.39, 0.29) is 132 Å². The number of nitrogens with two attached hydrogens (primary N) is 1. The number of carboxylic acids is 1. The summed E-state index contributed by atoms with van der Waals surface area (Å²) >= 11 is 0. The first kappa shape index (κ1) is 117. The number of nitrogens with one attached hydrogen (secondary N) is 1. The number of aliphatic carboxylic acids is 1. The van der Waals surface area contributed by atoms with Gasteiger partial charge in [-0.2, -0.15) is 0 Å². The van der Waals surface area contributed by atoms with Crippen molar-refractivity contribution in [2.75, 3.05) is 68.6 Å². The van der Waals surface area contributed by atoms with Crippen molar-refractivity contribution in [3.63, 3.8) is 0 Å². The van der Waals surface area contributed by atoms with E-state index in [1.807, 2.05) is 139 Å². The molecular formula is C104H172N6O27. The molecule has 4 aromatic rings. The molecule has 6 saturated heterocycles. The Balaban J connectivity index is 0.000000300. The van der Waals surface area contributed by atoms with Crippen LogP contribution in [0.2, 0.25) is 0 Å². The summed E-state index contributed by atoms with van der Waals surface area (Å²) in [7, 11) is 10.5. The fourth-order valence-electron chi connectivity index (χ4n) is 21.9. The molecule has 33 nitrogen and oxygen atoms in total. The molecule has 137 heavy (non-hydrogen) atoms. The summed E-state index contributed by atoms with van der Waals surface area (Å²) in [6, 6.07) is 26.2. The lowest BCUT2D eigenvalue weighted by molar-refractivity contribution is -0.318. The number of aliphatic hydroxyl groups is 10. The number of methoxy groups -OCH3 is 2. The van der Waals surface area contributed by atoms with E-state index in [1.54, 1.807) is 102 Å². The normalized spacial score (nSPS) is 40.8. The van der Waals surface area contributed by atoms with Crippen LogP contribution in [0.1, 0.15) is 240 Å². The maximum atomic E-state index is 14.6. The van der Waals surface area contributed by atoms with E-state index in [4.69, 9.17) is 62.6 Å². The van der Waals surface area contributed by atoms with Gasteiger partial charge in [0.2, 0.25) is 5.91 Å². The number of benzene rings is 4. The fourth-order valence-corrected chi connectivity index (χ4v) is 21.9. The molecule has 4 aromatic carbocycles. The number of amides is 1. The average molecular weight is 1940 g/mol. The molecule has 0 radical (unpaired) electrons. The van der Waals surface area contributed by atoms with E-state index < -0.39 is 198 Å². The Hall–Kier alpha value is -5.72. The van der Waals surface area contributed by atoms with Crippen LogP contribution >= 0.6 is 0 Å². The molecule has 10 rings (SSSR count). The number of carboxylic acid groups (broad SMARTS) is 1. The third kappa shape index (κ3) is 28.9. The minimum Gasteiger partial charge on any atom is -0.481 e. The van der Waals surface area contributed by atoms with Crippen LogP contribution in [0.3, 0.4) is 0 Å². The van der Waals surface area contributed by atoms with Crippen molar-refractivity contribution in [2.45, 2.75) is 409 Å². The van der Waals surface area contributed by atoms with Gasteiger partial charge in [0.25, 0.3) is 0 Å². The van der Waals surface area contributed by atoms with Gasteiger partial charge < -0.3 is 134 Å². The number of rotatable bonds is 23. The van der Waals surface area contributed by atoms with Gasteiger partial charge in [-0.1, -0.05) is 126 Å². The first-order valence-corrected chi connectivity index (χ1v) is 49.6. The second-order valence-corrected chi connectivity index (χ2v) is 42.5. The minimum absolute atomic E-state index is 0.0385. The summed E-state index contributed by atoms with van der Waals surface area (Å²) in [5.41, 5.74) is -1.32. The number of nitrogens with zero attached hydrogens (tertiary/aromatic N) is 4. The fraction of sp³-hybridized carbons (Fsp3) is 0.769. The van der Waals surface area contributed by atoms with Crippen LogP contribution in [-0.2, 0) is 76.0 Å². The van der Waals surface area contributed by atoms with Gasteiger partial charge in [0.15, 0.2) is 25.2 Å². The summed E-state index contributed by atoms with van der Waals surface area (Å²) in [5.74, 6) is -7.21. The Labute approximate surface area is 813 Å². The quantitative estimate of drug-likeness (QED) is 0.0307. The van der Waals surface area contributed by atoms with Crippen molar-refractivity contribution >= 4 is 45.4 Å². The first-order valence-electron chi connectivity index (χ1n) is 49.6. The molecule has 6 aliphatic heterocycles. The van der Waals surface area contributed by atoms with Crippen LogP contribution in [0.15, 0.2) is 84.9 Å². The lowest BCUT2D eigenvalue weighted by Gasteiger charge is -2.48. The molecule has 0 aromatic heterocycles. The van der Waals surface area contributed by atoms with Gasteiger partial charge >= 0.3 is 17.9 Å². The summed E-state index contributed by atoms with van der Waals surface area (Å²) in [6.07, 6.45) is -18.7. The van der Waals surface area contributed by atoms with Gasteiger partial charge in [-0.25, -0.2) is 0 Å². The summed E-state index contributed by atoms with van der Waals surface area (Å²) in [4.78, 5) is 61.9. The Morgan fingerprint density at radius 1 is 0.504 bits per heavy atom. The van der Waals surface area contributed by atoms with E-state index in [2.05, 4.69) is 35.6 Å². The third-order valence-corrected chi connectivity index (χ3v) is 30.3. The largest absolute Gasteiger partial charge is 0.481 e. The second kappa shape index (κ2) is 49.7. The Morgan fingerprint density at radius 2 is 0.861 bits per heavy atom. The lowest BCUT2D eigenvalue weighted by Crippen LogP contribution is -2.60. The zero-order valence-electron chi connectivity index (χ0n) is 86.8. The van der Waals surface area contributed by atoms with Gasteiger partial charge in [0, 0.05) is 102 Å². The second-order valence-electron chi connectivity index (χ2n) is 42.5. The molecule has 33 heteroatoms. The number of cyclic esters (lactones) is 2. The van der Waals surface area contributed by atoms with E-state index in [0.29, 0.717) is 12.8 Å². The maximum absolute atomic E-state index is 14.6. The molecule has 6 heterocycles. The Morgan fingerprint density at radius 3 is 1.22 bits per heavy atom. The Bertz CT molecular complexity index is 4420. The van der Waals surface area contributed by atoms with Gasteiger partial charge in [-0.3, -0.25) is 29.0 Å². The van der Waals surface area contributed by atoms with Gasteiger partial charge in [0.05, 0.1) is 95.5 Å².